The zero-order chi connectivity index (χ0) is 12.8. The van der Waals surface area contributed by atoms with Crippen molar-refractivity contribution >= 4 is 0 Å². The minimum Gasteiger partial charge on any atom is -0.505 e. The van der Waals surface area contributed by atoms with Crippen LogP contribution in [0.3, 0.4) is 0 Å². The number of aliphatic hydroxyl groups is 1. The molecule has 0 radical (unpaired) electrons. The number of nitrogens with zero attached hydrogens (tertiary/aromatic N) is 2. The lowest BCUT2D eigenvalue weighted by atomic mass is 9.85. The summed E-state index contributed by atoms with van der Waals surface area (Å²) in [7, 11) is 0. The highest BCUT2D eigenvalue weighted by Gasteiger charge is 2.21. The molecule has 1 aromatic carbocycles. The van der Waals surface area contributed by atoms with E-state index in [-0.39, 0.29) is 17.4 Å². The molecule has 1 rings (SSSR count). The second kappa shape index (κ2) is 6.05. The molecule has 0 fully saturated rings. The van der Waals surface area contributed by atoms with Gasteiger partial charge in [-0.15, -0.1) is 0 Å². The standard InChI is InChI=1S/C14H18N2O/c1-10(2)13(9-14(17)11(3)16-15)12-7-5-4-6-8-12/h4-8,10,13H,9H2,1-3H3/p+1/b14-11+. The highest BCUT2D eigenvalue weighted by molar-refractivity contribution is 5.23. The zero-order valence-corrected chi connectivity index (χ0v) is 10.6. The fourth-order valence-electron chi connectivity index (χ4n) is 1.85. The molecule has 17 heavy (non-hydrogen) atoms. The first kappa shape index (κ1) is 13.2. The SMILES string of the molecule is C/C([N+]#N)=C(\O)CC(c1ccccc1)C(C)C. The summed E-state index contributed by atoms with van der Waals surface area (Å²) < 4.78 is 0. The Labute approximate surface area is 102 Å². The van der Waals surface area contributed by atoms with Gasteiger partial charge in [0.2, 0.25) is 5.39 Å². The number of hydrogen-bond donors (Lipinski definition) is 1. The second-order valence-corrected chi connectivity index (χ2v) is 4.60. The van der Waals surface area contributed by atoms with E-state index in [9.17, 15) is 5.11 Å². The van der Waals surface area contributed by atoms with Crippen molar-refractivity contribution in [2.75, 3.05) is 0 Å². The van der Waals surface area contributed by atoms with Crippen molar-refractivity contribution in [3.63, 3.8) is 0 Å². The quantitative estimate of drug-likeness (QED) is 0.614. The summed E-state index contributed by atoms with van der Waals surface area (Å²) in [5.41, 5.74) is 1.48. The highest BCUT2D eigenvalue weighted by atomic mass is 16.3. The predicted molar refractivity (Wildman–Crippen MR) is 69.1 cm³/mol. The van der Waals surface area contributed by atoms with E-state index in [4.69, 9.17) is 5.39 Å². The molecule has 0 spiro atoms. The molecule has 0 aromatic heterocycles. The molecule has 1 N–H and O–H groups in total. The van der Waals surface area contributed by atoms with Gasteiger partial charge in [-0.2, -0.15) is 0 Å². The molecule has 0 amide bonds. The van der Waals surface area contributed by atoms with Gasteiger partial charge in [-0.1, -0.05) is 44.2 Å². The molecule has 1 unspecified atom stereocenters. The molecule has 90 valence electrons. The topological polar surface area (TPSA) is 48.4 Å². The second-order valence-electron chi connectivity index (χ2n) is 4.60. The molecule has 1 atom stereocenters. The Balaban J connectivity index is 2.94. The van der Waals surface area contributed by atoms with Gasteiger partial charge in [-0.05, 0) is 17.4 Å². The molecule has 3 heteroatoms. The molecule has 0 saturated carbocycles. The first-order valence-electron chi connectivity index (χ1n) is 5.85. The number of hydrogen-bond acceptors (Lipinski definition) is 2. The molecule has 0 heterocycles. The minimum atomic E-state index is 0.148. The van der Waals surface area contributed by atoms with Crippen molar-refractivity contribution in [2.24, 2.45) is 5.92 Å². The monoisotopic (exact) mass is 231 g/mol. The van der Waals surface area contributed by atoms with E-state index in [1.54, 1.807) is 6.92 Å². The molecule has 0 saturated heterocycles. The maximum absolute atomic E-state index is 9.82. The van der Waals surface area contributed by atoms with Crippen LogP contribution in [0.15, 0.2) is 41.8 Å². The van der Waals surface area contributed by atoms with Gasteiger partial charge in [0.1, 0.15) is 0 Å². The third-order valence-electron chi connectivity index (χ3n) is 3.01. The van der Waals surface area contributed by atoms with Crippen LogP contribution in [0.2, 0.25) is 0 Å². The lowest BCUT2D eigenvalue weighted by Gasteiger charge is -2.20. The zero-order valence-electron chi connectivity index (χ0n) is 10.6. The Morgan fingerprint density at radius 1 is 1.29 bits per heavy atom. The predicted octanol–water partition coefficient (Wildman–Crippen LogP) is 4.46. The van der Waals surface area contributed by atoms with Crippen LogP contribution in [-0.4, -0.2) is 5.11 Å². The summed E-state index contributed by atoms with van der Waals surface area (Å²) in [5.74, 6) is 0.786. The van der Waals surface area contributed by atoms with Gasteiger partial charge in [-0.25, -0.2) is 0 Å². The Kier molecular flexibility index (Phi) is 4.71. The molecule has 0 aliphatic heterocycles. The van der Waals surface area contributed by atoms with Crippen molar-refractivity contribution in [1.29, 1.82) is 5.39 Å². The van der Waals surface area contributed by atoms with E-state index in [1.165, 1.54) is 5.56 Å². The summed E-state index contributed by atoms with van der Waals surface area (Å²) in [4.78, 5) is 3.02. The maximum atomic E-state index is 9.82. The molecule has 0 bridgehead atoms. The Morgan fingerprint density at radius 3 is 2.35 bits per heavy atom. The van der Waals surface area contributed by atoms with Crippen molar-refractivity contribution in [3.8, 4) is 0 Å². The van der Waals surface area contributed by atoms with Crippen molar-refractivity contribution in [3.05, 3.63) is 52.3 Å². The van der Waals surface area contributed by atoms with E-state index in [0.29, 0.717) is 12.3 Å². The van der Waals surface area contributed by atoms with E-state index < -0.39 is 0 Å². The van der Waals surface area contributed by atoms with Crippen molar-refractivity contribution in [2.45, 2.75) is 33.1 Å². The van der Waals surface area contributed by atoms with Gasteiger partial charge in [0, 0.05) is 13.3 Å². The summed E-state index contributed by atoms with van der Waals surface area (Å²) >= 11 is 0. The minimum absolute atomic E-state index is 0.148. The Hall–Kier alpha value is -1.82. The number of diazo groups is 1. The number of rotatable bonds is 4. The van der Waals surface area contributed by atoms with E-state index in [1.807, 2.05) is 18.2 Å². The van der Waals surface area contributed by atoms with Crippen LogP contribution in [0.25, 0.3) is 4.98 Å². The summed E-state index contributed by atoms with van der Waals surface area (Å²) in [6.07, 6.45) is 0.498. The van der Waals surface area contributed by atoms with Crippen molar-refractivity contribution < 1.29 is 5.11 Å². The third kappa shape index (κ3) is 3.60. The lowest BCUT2D eigenvalue weighted by molar-refractivity contribution is 0.346. The van der Waals surface area contributed by atoms with Crippen LogP contribution in [0.4, 0.5) is 0 Å². The smallest absolute Gasteiger partial charge is 0.395 e. The molecular weight excluding hydrogens is 212 g/mol. The Bertz CT molecular complexity index is 429. The van der Waals surface area contributed by atoms with Crippen LogP contribution >= 0.6 is 0 Å². The normalized spacial score (nSPS) is 14.1. The van der Waals surface area contributed by atoms with Crippen LogP contribution < -0.4 is 0 Å². The first-order chi connectivity index (χ1) is 8.06. The number of benzene rings is 1. The van der Waals surface area contributed by atoms with Gasteiger partial charge in [0.25, 0.3) is 0 Å². The van der Waals surface area contributed by atoms with Crippen molar-refractivity contribution in [1.82, 2.24) is 0 Å². The molecular formula is C14H19N2O+. The average molecular weight is 231 g/mol. The van der Waals surface area contributed by atoms with Crippen LogP contribution in [0, 0.1) is 11.3 Å². The molecule has 0 aliphatic rings. The fraction of sp³-hybridized carbons (Fsp3) is 0.429. The largest absolute Gasteiger partial charge is 0.505 e. The van der Waals surface area contributed by atoms with E-state index in [2.05, 4.69) is 31.0 Å². The van der Waals surface area contributed by atoms with Gasteiger partial charge < -0.3 is 5.11 Å². The number of allylic oxidation sites excluding steroid dienone is 2. The Morgan fingerprint density at radius 2 is 1.88 bits per heavy atom. The average Bonchev–Trinajstić information content (AvgIpc) is 2.35. The van der Waals surface area contributed by atoms with Crippen LogP contribution in [-0.2, 0) is 0 Å². The van der Waals surface area contributed by atoms with Crippen LogP contribution in [0.5, 0.6) is 0 Å². The van der Waals surface area contributed by atoms with Gasteiger partial charge in [0.15, 0.2) is 10.7 Å². The highest BCUT2D eigenvalue weighted by Crippen LogP contribution is 2.30. The van der Waals surface area contributed by atoms with Gasteiger partial charge in [-0.3, -0.25) is 0 Å². The van der Waals surface area contributed by atoms with Crippen LogP contribution in [0.1, 0.15) is 38.7 Å². The maximum Gasteiger partial charge on any atom is 0.395 e. The fourth-order valence-corrected chi connectivity index (χ4v) is 1.85. The van der Waals surface area contributed by atoms with Gasteiger partial charge >= 0.3 is 5.70 Å². The molecule has 3 nitrogen and oxygen atoms in total. The summed E-state index contributed by atoms with van der Waals surface area (Å²) in [6.45, 7) is 5.84. The lowest BCUT2D eigenvalue weighted by Crippen LogP contribution is -2.08. The molecule has 0 aliphatic carbocycles. The third-order valence-corrected chi connectivity index (χ3v) is 3.01. The number of aliphatic hydroxyl groups excluding tert-OH is 1. The van der Waals surface area contributed by atoms with E-state index >= 15 is 0 Å². The van der Waals surface area contributed by atoms with E-state index in [0.717, 1.165) is 0 Å². The molecule has 1 aromatic rings. The summed E-state index contributed by atoms with van der Waals surface area (Å²) in [6, 6.07) is 10.1. The first-order valence-corrected chi connectivity index (χ1v) is 5.85. The summed E-state index contributed by atoms with van der Waals surface area (Å²) in [5, 5.41) is 18.5. The van der Waals surface area contributed by atoms with Gasteiger partial charge in [0.05, 0.1) is 0 Å².